The number of unbranched alkanes of at least 4 members (excludes halogenated alkanes) is 3. The van der Waals surface area contributed by atoms with Crippen LogP contribution in [0.15, 0.2) is 79.9 Å². The van der Waals surface area contributed by atoms with Crippen LogP contribution in [0, 0.1) is 11.8 Å². The normalized spacial score (nSPS) is 25.8. The summed E-state index contributed by atoms with van der Waals surface area (Å²) in [7, 11) is 0. The zero-order valence-electron chi connectivity index (χ0n) is 27.8. The average Bonchev–Trinajstić information content (AvgIpc) is 3.64. The first-order chi connectivity index (χ1) is 22.7. The Morgan fingerprint density at radius 1 is 1.00 bits per heavy atom. The Labute approximate surface area is 278 Å². The number of fused-ring (bicyclic) bond motifs is 1. The summed E-state index contributed by atoms with van der Waals surface area (Å²) in [6.07, 6.45) is 7.48. The van der Waals surface area contributed by atoms with Crippen molar-refractivity contribution in [3.8, 4) is 5.75 Å². The van der Waals surface area contributed by atoms with Crippen molar-refractivity contribution >= 4 is 23.4 Å². The van der Waals surface area contributed by atoms with Crippen molar-refractivity contribution in [2.24, 2.45) is 11.8 Å². The van der Waals surface area contributed by atoms with Crippen LogP contribution in [0.3, 0.4) is 0 Å². The van der Waals surface area contributed by atoms with E-state index >= 15 is 0 Å². The standard InChI is InChI=1S/C38H49N3O6/c1-5-23-39(27-28-15-11-10-12-16-28)36(45)33-38-22-21-37(4,47-38)31(32(38)35(44)41(33)25-13-8-9-14-26-42)34(43)40(24-6-2)29-17-19-30(20-18-29)46-7-3/h5-6,10-12,15-20,31-33,42H,1-2,7-9,13-14,21-27H2,3-4H3/t31-,32-,33?,37+,38?/m0/s1. The summed E-state index contributed by atoms with van der Waals surface area (Å²) in [4.78, 5) is 49.2. The van der Waals surface area contributed by atoms with Crippen molar-refractivity contribution in [3.05, 3.63) is 85.5 Å². The van der Waals surface area contributed by atoms with Crippen LogP contribution in [0.5, 0.6) is 5.75 Å². The highest BCUT2D eigenvalue weighted by molar-refractivity contribution is 6.03. The van der Waals surface area contributed by atoms with Gasteiger partial charge in [0.05, 0.1) is 24.0 Å². The fourth-order valence-corrected chi connectivity index (χ4v) is 7.94. The molecule has 5 atom stereocenters. The second kappa shape index (κ2) is 14.9. The van der Waals surface area contributed by atoms with E-state index < -0.39 is 29.1 Å². The first-order valence-corrected chi connectivity index (χ1v) is 16.9. The summed E-state index contributed by atoms with van der Waals surface area (Å²) >= 11 is 0. The van der Waals surface area contributed by atoms with Crippen LogP contribution in [0.2, 0.25) is 0 Å². The zero-order chi connectivity index (χ0) is 33.6. The third-order valence-corrected chi connectivity index (χ3v) is 10.00. The molecule has 5 rings (SSSR count). The van der Waals surface area contributed by atoms with E-state index in [1.807, 2.05) is 68.4 Å². The lowest BCUT2D eigenvalue weighted by Gasteiger charge is -2.37. The number of aliphatic hydroxyl groups excluding tert-OH is 1. The Morgan fingerprint density at radius 3 is 2.36 bits per heavy atom. The maximum absolute atomic E-state index is 14.7. The second-order valence-corrected chi connectivity index (χ2v) is 13.1. The predicted molar refractivity (Wildman–Crippen MR) is 182 cm³/mol. The molecule has 3 aliphatic heterocycles. The van der Waals surface area contributed by atoms with E-state index in [2.05, 4.69) is 13.2 Å². The number of rotatable bonds is 17. The van der Waals surface area contributed by atoms with Gasteiger partial charge in [0, 0.05) is 38.5 Å². The largest absolute Gasteiger partial charge is 0.494 e. The third kappa shape index (κ3) is 6.61. The molecule has 3 saturated heterocycles. The minimum absolute atomic E-state index is 0.122. The van der Waals surface area contributed by atoms with Crippen molar-refractivity contribution in [2.75, 3.05) is 37.7 Å². The summed E-state index contributed by atoms with van der Waals surface area (Å²) in [5, 5.41) is 9.27. The number of anilines is 1. The van der Waals surface area contributed by atoms with Crippen LogP contribution in [0.25, 0.3) is 0 Å². The van der Waals surface area contributed by atoms with Crippen molar-refractivity contribution in [1.29, 1.82) is 0 Å². The van der Waals surface area contributed by atoms with Gasteiger partial charge in [-0.2, -0.15) is 0 Å². The maximum atomic E-state index is 14.7. The number of ether oxygens (including phenoxy) is 2. The minimum atomic E-state index is -1.12. The summed E-state index contributed by atoms with van der Waals surface area (Å²) in [6.45, 7) is 13.6. The Morgan fingerprint density at radius 2 is 1.70 bits per heavy atom. The van der Waals surface area contributed by atoms with E-state index in [-0.39, 0.29) is 30.9 Å². The molecule has 2 bridgehead atoms. The van der Waals surface area contributed by atoms with Gasteiger partial charge in [-0.05, 0) is 69.4 Å². The van der Waals surface area contributed by atoms with Gasteiger partial charge in [0.2, 0.25) is 17.7 Å². The van der Waals surface area contributed by atoms with Gasteiger partial charge in [0.15, 0.2) is 0 Å². The van der Waals surface area contributed by atoms with Crippen LogP contribution < -0.4 is 9.64 Å². The van der Waals surface area contributed by atoms with E-state index in [0.29, 0.717) is 63.4 Å². The van der Waals surface area contributed by atoms with Crippen LogP contribution in [-0.4, -0.2) is 82.7 Å². The molecule has 3 amide bonds. The van der Waals surface area contributed by atoms with Gasteiger partial charge < -0.3 is 29.3 Å². The van der Waals surface area contributed by atoms with Crippen molar-refractivity contribution in [3.63, 3.8) is 0 Å². The van der Waals surface area contributed by atoms with Gasteiger partial charge in [0.1, 0.15) is 17.4 Å². The van der Waals surface area contributed by atoms with Crippen LogP contribution >= 0.6 is 0 Å². The van der Waals surface area contributed by atoms with Gasteiger partial charge in [-0.25, -0.2) is 0 Å². The molecular formula is C38H49N3O6. The van der Waals surface area contributed by atoms with Gasteiger partial charge in [0.25, 0.3) is 0 Å². The second-order valence-electron chi connectivity index (χ2n) is 13.1. The first kappa shape index (κ1) is 34.4. The third-order valence-electron chi connectivity index (χ3n) is 10.00. The molecule has 0 aliphatic carbocycles. The molecule has 0 saturated carbocycles. The van der Waals surface area contributed by atoms with Crippen LogP contribution in [0.1, 0.15) is 57.9 Å². The summed E-state index contributed by atoms with van der Waals surface area (Å²) in [5.41, 5.74) is -0.374. The molecule has 1 spiro atoms. The van der Waals surface area contributed by atoms with Gasteiger partial charge >= 0.3 is 0 Å². The Hall–Kier alpha value is -3.95. The van der Waals surface area contributed by atoms with Gasteiger partial charge in [-0.1, -0.05) is 55.3 Å². The van der Waals surface area contributed by atoms with Gasteiger partial charge in [-0.3, -0.25) is 14.4 Å². The smallest absolute Gasteiger partial charge is 0.248 e. The highest BCUT2D eigenvalue weighted by Crippen LogP contribution is 2.63. The number of aliphatic hydroxyl groups is 1. The SMILES string of the molecule is C=CCN(Cc1ccccc1)C(=O)C1N(CCCCCCO)C(=O)[C@@H]2[C@@H](C(=O)N(CC=C)c3ccc(OCC)cc3)[C@@]3(C)CCC12O3. The van der Waals surface area contributed by atoms with Gasteiger partial charge in [-0.15, -0.1) is 13.2 Å². The number of carbonyl (C=O) groups is 3. The molecule has 47 heavy (non-hydrogen) atoms. The predicted octanol–water partition coefficient (Wildman–Crippen LogP) is 5.14. The number of hydrogen-bond donors (Lipinski definition) is 1. The quantitative estimate of drug-likeness (QED) is 0.190. The molecular weight excluding hydrogens is 594 g/mol. The molecule has 3 aliphatic rings. The lowest BCUT2D eigenvalue weighted by atomic mass is 9.66. The van der Waals surface area contributed by atoms with E-state index in [1.165, 1.54) is 0 Å². The molecule has 2 unspecified atom stereocenters. The van der Waals surface area contributed by atoms with E-state index in [1.54, 1.807) is 26.9 Å². The number of nitrogens with zero attached hydrogens (tertiary/aromatic N) is 3. The number of hydrogen-bond acceptors (Lipinski definition) is 6. The lowest BCUT2D eigenvalue weighted by molar-refractivity contribution is -0.151. The Kier molecular flexibility index (Phi) is 10.9. The van der Waals surface area contributed by atoms with Crippen molar-refractivity contribution in [2.45, 2.75) is 76.2 Å². The maximum Gasteiger partial charge on any atom is 0.248 e. The fourth-order valence-electron chi connectivity index (χ4n) is 7.94. The van der Waals surface area contributed by atoms with E-state index in [9.17, 15) is 19.5 Å². The number of likely N-dealkylation sites (tertiary alicyclic amines) is 1. The summed E-state index contributed by atoms with van der Waals surface area (Å²) in [6, 6.07) is 16.3. The summed E-state index contributed by atoms with van der Waals surface area (Å²) < 4.78 is 12.5. The summed E-state index contributed by atoms with van der Waals surface area (Å²) in [5.74, 6) is -1.45. The van der Waals surface area contributed by atoms with Crippen LogP contribution in [-0.2, 0) is 25.7 Å². The molecule has 3 fully saturated rings. The molecule has 2 aromatic carbocycles. The first-order valence-electron chi connectivity index (χ1n) is 16.9. The molecule has 3 heterocycles. The lowest BCUT2D eigenvalue weighted by Crippen LogP contribution is -2.56. The van der Waals surface area contributed by atoms with Crippen LogP contribution in [0.4, 0.5) is 5.69 Å². The highest BCUT2D eigenvalue weighted by Gasteiger charge is 2.78. The minimum Gasteiger partial charge on any atom is -0.494 e. The van der Waals surface area contributed by atoms with E-state index in [4.69, 9.17) is 9.47 Å². The van der Waals surface area contributed by atoms with Crippen molar-refractivity contribution in [1.82, 2.24) is 9.80 Å². The Bertz CT molecular complexity index is 1430. The molecule has 2 aromatic rings. The molecule has 9 heteroatoms. The molecule has 0 radical (unpaired) electrons. The average molecular weight is 644 g/mol. The Balaban J connectivity index is 1.51. The molecule has 9 nitrogen and oxygen atoms in total. The molecule has 252 valence electrons. The topological polar surface area (TPSA) is 99.6 Å². The number of amides is 3. The monoisotopic (exact) mass is 643 g/mol. The molecule has 1 N–H and O–H groups in total. The molecule has 0 aromatic heterocycles. The number of carbonyl (C=O) groups excluding carboxylic acids is 3. The van der Waals surface area contributed by atoms with E-state index in [0.717, 1.165) is 18.4 Å². The fraction of sp³-hybridized carbons (Fsp3) is 0.500. The van der Waals surface area contributed by atoms with Crippen molar-refractivity contribution < 1.29 is 29.0 Å². The zero-order valence-corrected chi connectivity index (χ0v) is 27.8. The number of benzene rings is 2. The highest BCUT2D eigenvalue weighted by atomic mass is 16.5.